The maximum Gasteiger partial charge on any atom is 0.252 e. The molecule has 4 nitrogen and oxygen atoms in total. The number of rotatable bonds is 4. The molecule has 1 aliphatic heterocycles. The summed E-state index contributed by atoms with van der Waals surface area (Å²) >= 11 is 4.53. The van der Waals surface area contributed by atoms with Gasteiger partial charge in [-0.05, 0) is 54.2 Å². The molecular formula is C12H18BrNO3S2. The highest BCUT2D eigenvalue weighted by atomic mass is 79.9. The molecule has 0 spiro atoms. The summed E-state index contributed by atoms with van der Waals surface area (Å²) in [6.45, 7) is 2.26. The van der Waals surface area contributed by atoms with Crippen LogP contribution in [0.3, 0.4) is 0 Å². The summed E-state index contributed by atoms with van der Waals surface area (Å²) in [7, 11) is -3.43. The lowest BCUT2D eigenvalue weighted by Gasteiger charge is -2.34. The molecule has 108 valence electrons. The van der Waals surface area contributed by atoms with Crippen molar-refractivity contribution < 1.29 is 13.5 Å². The topological polar surface area (TPSA) is 57.6 Å². The van der Waals surface area contributed by atoms with Crippen LogP contribution in [0.4, 0.5) is 0 Å². The van der Waals surface area contributed by atoms with Gasteiger partial charge >= 0.3 is 0 Å². The van der Waals surface area contributed by atoms with Crippen molar-refractivity contribution in [2.24, 2.45) is 0 Å². The van der Waals surface area contributed by atoms with Crippen molar-refractivity contribution in [1.29, 1.82) is 0 Å². The smallest absolute Gasteiger partial charge is 0.252 e. The summed E-state index contributed by atoms with van der Waals surface area (Å²) in [5, 5.41) is 9.54. The van der Waals surface area contributed by atoms with Gasteiger partial charge in [-0.2, -0.15) is 4.31 Å². The minimum atomic E-state index is -3.43. The Morgan fingerprint density at radius 3 is 2.84 bits per heavy atom. The van der Waals surface area contributed by atoms with Gasteiger partial charge in [0.1, 0.15) is 4.21 Å². The quantitative estimate of drug-likeness (QED) is 0.889. The first-order valence-electron chi connectivity index (χ1n) is 6.36. The zero-order valence-electron chi connectivity index (χ0n) is 10.8. The summed E-state index contributed by atoms with van der Waals surface area (Å²) in [6.07, 6.45) is 2.78. The molecule has 2 atom stereocenters. The van der Waals surface area contributed by atoms with Crippen LogP contribution in [-0.2, 0) is 10.0 Å². The van der Waals surface area contributed by atoms with Crippen molar-refractivity contribution in [1.82, 2.24) is 4.31 Å². The predicted molar refractivity (Wildman–Crippen MR) is 79.8 cm³/mol. The number of sulfonamides is 1. The highest BCUT2D eigenvalue weighted by molar-refractivity contribution is 9.11. The fraction of sp³-hybridized carbons (Fsp3) is 0.667. The van der Waals surface area contributed by atoms with E-state index in [2.05, 4.69) is 15.9 Å². The van der Waals surface area contributed by atoms with E-state index in [0.717, 1.165) is 23.0 Å². The van der Waals surface area contributed by atoms with E-state index in [-0.39, 0.29) is 6.04 Å². The lowest BCUT2D eigenvalue weighted by molar-refractivity contribution is 0.132. The van der Waals surface area contributed by atoms with Crippen LogP contribution >= 0.6 is 27.3 Å². The minimum Gasteiger partial charge on any atom is -0.393 e. The molecule has 0 radical (unpaired) electrons. The van der Waals surface area contributed by atoms with E-state index in [4.69, 9.17) is 0 Å². The van der Waals surface area contributed by atoms with E-state index in [1.54, 1.807) is 23.4 Å². The van der Waals surface area contributed by atoms with E-state index in [1.807, 2.05) is 0 Å². The van der Waals surface area contributed by atoms with Gasteiger partial charge in [-0.3, -0.25) is 0 Å². The van der Waals surface area contributed by atoms with Gasteiger partial charge in [0.25, 0.3) is 10.0 Å². The van der Waals surface area contributed by atoms with Gasteiger partial charge in [-0.1, -0.05) is 6.42 Å². The molecule has 1 fully saturated rings. The Bertz CT molecular complexity index is 527. The standard InChI is InChI=1S/C12H18BrNO3S2/c1-9(15)8-10-4-2-3-7-14(10)19(16,17)12-6-5-11(13)18-12/h5-6,9-10,15H,2-4,7-8H2,1H3. The van der Waals surface area contributed by atoms with Crippen LogP contribution in [0.2, 0.25) is 0 Å². The van der Waals surface area contributed by atoms with Gasteiger partial charge in [0.15, 0.2) is 0 Å². The summed E-state index contributed by atoms with van der Waals surface area (Å²) in [6, 6.07) is 3.31. The Hall–Kier alpha value is 0.0500. The second-order valence-electron chi connectivity index (χ2n) is 4.91. The predicted octanol–water partition coefficient (Wildman–Crippen LogP) is 2.82. The van der Waals surface area contributed by atoms with Gasteiger partial charge < -0.3 is 5.11 Å². The number of aliphatic hydroxyl groups is 1. The molecule has 1 N–H and O–H groups in total. The molecule has 7 heteroatoms. The lowest BCUT2D eigenvalue weighted by atomic mass is 10.00. The largest absolute Gasteiger partial charge is 0.393 e. The Morgan fingerprint density at radius 2 is 2.26 bits per heavy atom. The normalized spacial score (nSPS) is 23.4. The van der Waals surface area contributed by atoms with Gasteiger partial charge in [0.2, 0.25) is 0 Å². The third-order valence-corrected chi connectivity index (χ3v) is 7.34. The van der Waals surface area contributed by atoms with Crippen LogP contribution in [0.15, 0.2) is 20.1 Å². The Balaban J connectivity index is 2.26. The number of thiophene rings is 1. The first-order valence-corrected chi connectivity index (χ1v) is 9.41. The molecule has 0 amide bonds. The Morgan fingerprint density at radius 1 is 1.53 bits per heavy atom. The zero-order valence-corrected chi connectivity index (χ0v) is 14.0. The summed E-state index contributed by atoms with van der Waals surface area (Å²) in [5.41, 5.74) is 0. The number of piperidine rings is 1. The van der Waals surface area contributed by atoms with Gasteiger partial charge in [0, 0.05) is 12.6 Å². The van der Waals surface area contributed by atoms with Crippen molar-refractivity contribution in [3.63, 3.8) is 0 Å². The number of halogens is 1. The molecule has 1 saturated heterocycles. The van der Waals surface area contributed by atoms with E-state index in [1.165, 1.54) is 11.3 Å². The molecule has 2 heterocycles. The Kier molecular flexibility index (Phi) is 5.05. The summed E-state index contributed by atoms with van der Waals surface area (Å²) < 4.78 is 28.0. The minimum absolute atomic E-state index is 0.0837. The monoisotopic (exact) mass is 367 g/mol. The van der Waals surface area contributed by atoms with Crippen molar-refractivity contribution in [3.05, 3.63) is 15.9 Å². The molecule has 0 bridgehead atoms. The second kappa shape index (κ2) is 6.22. The van der Waals surface area contributed by atoms with Crippen LogP contribution in [-0.4, -0.2) is 36.5 Å². The van der Waals surface area contributed by atoms with Crippen LogP contribution < -0.4 is 0 Å². The highest BCUT2D eigenvalue weighted by Crippen LogP contribution is 2.32. The number of aliphatic hydroxyl groups excluding tert-OH is 1. The van der Waals surface area contributed by atoms with Crippen molar-refractivity contribution in [2.45, 2.75) is 49.0 Å². The van der Waals surface area contributed by atoms with Gasteiger partial charge in [-0.15, -0.1) is 11.3 Å². The third-order valence-electron chi connectivity index (χ3n) is 3.30. The van der Waals surface area contributed by atoms with Crippen molar-refractivity contribution in [3.8, 4) is 0 Å². The average Bonchev–Trinajstić information content (AvgIpc) is 2.76. The molecule has 0 aliphatic carbocycles. The van der Waals surface area contributed by atoms with Gasteiger partial charge in [-0.25, -0.2) is 8.42 Å². The summed E-state index contributed by atoms with van der Waals surface area (Å²) in [5.74, 6) is 0. The molecule has 2 rings (SSSR count). The van der Waals surface area contributed by atoms with E-state index >= 15 is 0 Å². The molecule has 1 aliphatic rings. The van der Waals surface area contributed by atoms with Crippen molar-refractivity contribution >= 4 is 37.3 Å². The fourth-order valence-corrected chi connectivity index (χ4v) is 6.32. The van der Waals surface area contributed by atoms with Crippen LogP contribution in [0.25, 0.3) is 0 Å². The Labute approximate surface area is 126 Å². The van der Waals surface area contributed by atoms with Crippen molar-refractivity contribution in [2.75, 3.05) is 6.54 Å². The second-order valence-corrected chi connectivity index (χ2v) is 9.49. The van der Waals surface area contributed by atoms with E-state index in [0.29, 0.717) is 17.2 Å². The van der Waals surface area contributed by atoms with E-state index in [9.17, 15) is 13.5 Å². The maximum absolute atomic E-state index is 12.6. The number of hydrogen-bond acceptors (Lipinski definition) is 4. The van der Waals surface area contributed by atoms with Crippen LogP contribution in [0.1, 0.15) is 32.6 Å². The molecule has 1 aromatic rings. The van der Waals surface area contributed by atoms with Crippen LogP contribution in [0.5, 0.6) is 0 Å². The molecule has 0 saturated carbocycles. The molecule has 1 aromatic heterocycles. The average molecular weight is 368 g/mol. The van der Waals surface area contributed by atoms with E-state index < -0.39 is 16.1 Å². The maximum atomic E-state index is 12.6. The lowest BCUT2D eigenvalue weighted by Crippen LogP contribution is -2.44. The first-order chi connectivity index (χ1) is 8.91. The van der Waals surface area contributed by atoms with Gasteiger partial charge in [0.05, 0.1) is 9.89 Å². The molecule has 19 heavy (non-hydrogen) atoms. The number of nitrogens with zero attached hydrogens (tertiary/aromatic N) is 1. The third kappa shape index (κ3) is 3.58. The number of hydrogen-bond donors (Lipinski definition) is 1. The SMILES string of the molecule is CC(O)CC1CCCCN1S(=O)(=O)c1ccc(Br)s1. The molecular weight excluding hydrogens is 350 g/mol. The fourth-order valence-electron chi connectivity index (χ4n) is 2.47. The van der Waals surface area contributed by atoms with Crippen LogP contribution in [0, 0.1) is 0 Å². The molecule has 2 unspecified atom stereocenters. The zero-order chi connectivity index (χ0) is 14.0. The highest BCUT2D eigenvalue weighted by Gasteiger charge is 2.34. The first kappa shape index (κ1) is 15.4. The summed E-state index contributed by atoms with van der Waals surface area (Å²) in [4.78, 5) is 0. The molecule has 0 aromatic carbocycles.